The maximum Gasteiger partial charge on any atom is 0.0608 e. The van der Waals surface area contributed by atoms with Crippen molar-refractivity contribution < 1.29 is 5.11 Å². The summed E-state index contributed by atoms with van der Waals surface area (Å²) in [4.78, 5) is 0. The lowest BCUT2D eigenvalue weighted by atomic mass is 10.7. The predicted octanol–water partition coefficient (Wildman–Crippen LogP) is -1.14. The van der Waals surface area contributed by atoms with Crippen LogP contribution in [0, 0.1) is 0 Å². The summed E-state index contributed by atoms with van der Waals surface area (Å²) < 4.78 is 0. The van der Waals surface area contributed by atoms with Gasteiger partial charge >= 0.3 is 0 Å². The van der Waals surface area contributed by atoms with E-state index < -0.39 is 0 Å². The largest absolute Gasteiger partial charge is 0.392 e. The van der Waals surface area contributed by atoms with Gasteiger partial charge in [-0.15, -0.1) is 5.70 Å². The maximum atomic E-state index is 8.00. The van der Waals surface area contributed by atoms with Gasteiger partial charge in [0.1, 0.15) is 0 Å². The van der Waals surface area contributed by atoms with E-state index in [-0.39, 0.29) is 6.61 Å². The van der Waals surface area contributed by atoms with Gasteiger partial charge in [-0.1, -0.05) is 6.08 Å². The zero-order valence-electron chi connectivity index (χ0n) is 3.31. The summed E-state index contributed by atoms with van der Waals surface area (Å²) in [5, 5.41) is 8.00. The molecule has 30 valence electrons. The van der Waals surface area contributed by atoms with E-state index in [0.29, 0.717) is 0 Å². The quantitative estimate of drug-likeness (QED) is 0.402. The molecule has 0 radical (unpaired) electrons. The highest BCUT2D eigenvalue weighted by molar-refractivity contribution is 6.16. The Morgan fingerprint density at radius 2 is 2.40 bits per heavy atom. The Morgan fingerprint density at radius 3 is 2.40 bits per heavy atom. The zero-order chi connectivity index (χ0) is 4.12. The zero-order valence-corrected chi connectivity index (χ0v) is 5.31. The molecule has 0 saturated heterocycles. The van der Waals surface area contributed by atoms with Crippen LogP contribution in [0.1, 0.15) is 0 Å². The summed E-state index contributed by atoms with van der Waals surface area (Å²) in [6.07, 6.45) is 1.74. The minimum Gasteiger partial charge on any atom is -0.392 e. The van der Waals surface area contributed by atoms with Gasteiger partial charge in [-0.3, -0.25) is 0 Å². The molecule has 0 atom stereocenters. The number of aliphatic hydroxyl groups is 1. The topological polar surface area (TPSA) is 20.2 Å². The first-order valence-corrected chi connectivity index (χ1v) is 2.79. The van der Waals surface area contributed by atoms with Gasteiger partial charge in [0, 0.05) is 10.2 Å². The lowest BCUT2D eigenvalue weighted by Gasteiger charge is -1.66. The van der Waals surface area contributed by atoms with Crippen LogP contribution >= 0.6 is 0 Å². The molecule has 1 N–H and O–H groups in total. The average molecular weight is 88.2 g/mol. The van der Waals surface area contributed by atoms with Crippen LogP contribution in [-0.4, -0.2) is 22.0 Å². The van der Waals surface area contributed by atoms with Gasteiger partial charge in [-0.2, -0.15) is 0 Å². The summed E-state index contributed by atoms with van der Waals surface area (Å²) in [6, 6.07) is 0. The molecule has 0 aromatic rings. The van der Waals surface area contributed by atoms with Crippen LogP contribution in [0.4, 0.5) is 0 Å². The van der Waals surface area contributed by atoms with Crippen LogP contribution in [-0.2, 0) is 0 Å². The second-order valence-electron chi connectivity index (χ2n) is 0.752. The molecule has 0 heterocycles. The van der Waals surface area contributed by atoms with Crippen LogP contribution in [0.15, 0.2) is 11.8 Å². The summed E-state index contributed by atoms with van der Waals surface area (Å²) >= 11 is 0. The van der Waals surface area contributed by atoms with Crippen molar-refractivity contribution in [1.29, 1.82) is 0 Å². The van der Waals surface area contributed by atoms with Gasteiger partial charge in [0.25, 0.3) is 0 Å². The molecule has 1 nitrogen and oxygen atoms in total. The number of aliphatic hydroxyl groups excluding tert-OH is 1. The Hall–Kier alpha value is -0.0831. The average Bonchev–Trinajstić information content (AvgIpc) is 1.41. The summed E-state index contributed by atoms with van der Waals surface area (Å²) in [5.74, 6) is 0. The molecule has 0 bridgehead atoms. The minimum atomic E-state index is 0.198. The Balaban J connectivity index is 2.62. The second-order valence-corrected chi connectivity index (χ2v) is 1.42. The molecule has 0 unspecified atom stereocenters. The highest BCUT2D eigenvalue weighted by atomic mass is 28.1. The third kappa shape index (κ3) is 3.92. The fraction of sp³-hybridized carbons (Fsp3) is 0.333. The smallest absolute Gasteiger partial charge is 0.0608 e. The first-order chi connectivity index (χ1) is 2.41. The van der Waals surface area contributed by atoms with Crippen molar-refractivity contribution in [2.75, 3.05) is 6.61 Å². The third-order valence-corrected chi connectivity index (χ3v) is 0.813. The molecule has 5 heavy (non-hydrogen) atoms. The lowest BCUT2D eigenvalue weighted by Crippen LogP contribution is -1.67. The number of hydrogen-bond acceptors (Lipinski definition) is 1. The molecule has 0 aromatic heterocycles. The Bertz CT molecular complexity index is 33.9. The third-order valence-electron chi connectivity index (χ3n) is 0.341. The molecule has 0 aliphatic heterocycles. The molecule has 0 aromatic carbocycles. The van der Waals surface area contributed by atoms with Crippen molar-refractivity contribution in [2.45, 2.75) is 0 Å². The van der Waals surface area contributed by atoms with Crippen LogP contribution in [0.3, 0.4) is 0 Å². The van der Waals surface area contributed by atoms with Crippen molar-refractivity contribution in [3.05, 3.63) is 11.8 Å². The van der Waals surface area contributed by atoms with E-state index in [2.05, 4.69) is 0 Å². The molecule has 2 heteroatoms. The highest BCUT2D eigenvalue weighted by Crippen LogP contribution is 1.55. The standard InChI is InChI=1S/C3H8OSi/c4-2-1-3-5/h1,3-4H,2H2,5H3. The van der Waals surface area contributed by atoms with Gasteiger partial charge in [-0.05, 0) is 0 Å². The van der Waals surface area contributed by atoms with Crippen LogP contribution in [0.2, 0.25) is 0 Å². The molecule has 0 spiro atoms. The van der Waals surface area contributed by atoms with Gasteiger partial charge in [0.05, 0.1) is 6.61 Å². The SMILES string of the molecule is OCC=C[SiH3]. The normalized spacial score (nSPS) is 10.6. The van der Waals surface area contributed by atoms with Crippen LogP contribution < -0.4 is 0 Å². The second kappa shape index (κ2) is 3.92. The minimum absolute atomic E-state index is 0.198. The van der Waals surface area contributed by atoms with Crippen molar-refractivity contribution in [3.8, 4) is 0 Å². The van der Waals surface area contributed by atoms with Gasteiger partial charge in [0.15, 0.2) is 0 Å². The fourth-order valence-electron chi connectivity index (χ4n) is 0.105. The highest BCUT2D eigenvalue weighted by Gasteiger charge is 1.52. The van der Waals surface area contributed by atoms with E-state index in [4.69, 9.17) is 5.11 Å². The van der Waals surface area contributed by atoms with E-state index in [9.17, 15) is 0 Å². The van der Waals surface area contributed by atoms with E-state index >= 15 is 0 Å². The molecule has 0 rings (SSSR count). The molecule has 0 amide bonds. The Morgan fingerprint density at radius 1 is 1.80 bits per heavy atom. The Labute approximate surface area is 34.7 Å². The summed E-state index contributed by atoms with van der Waals surface area (Å²) in [5.41, 5.74) is 1.94. The van der Waals surface area contributed by atoms with E-state index in [0.717, 1.165) is 10.2 Å². The molecule has 0 aliphatic carbocycles. The van der Waals surface area contributed by atoms with Crippen molar-refractivity contribution in [2.24, 2.45) is 0 Å². The molecular formula is C3H8OSi. The fourth-order valence-corrected chi connectivity index (χ4v) is 0.316. The number of rotatable bonds is 1. The Kier molecular flexibility index (Phi) is 3.85. The molecule has 0 aliphatic rings. The lowest BCUT2D eigenvalue weighted by molar-refractivity contribution is 0.343. The molecule has 0 fully saturated rings. The molecule has 0 saturated carbocycles. The van der Waals surface area contributed by atoms with Crippen molar-refractivity contribution >= 4 is 10.2 Å². The van der Waals surface area contributed by atoms with E-state index in [1.807, 2.05) is 5.70 Å². The van der Waals surface area contributed by atoms with Crippen LogP contribution in [0.25, 0.3) is 0 Å². The van der Waals surface area contributed by atoms with E-state index in [1.54, 1.807) is 6.08 Å². The first kappa shape index (κ1) is 4.92. The molecular weight excluding hydrogens is 80.1 g/mol. The van der Waals surface area contributed by atoms with Gasteiger partial charge in [0.2, 0.25) is 0 Å². The summed E-state index contributed by atoms with van der Waals surface area (Å²) in [7, 11) is 1.06. The maximum absolute atomic E-state index is 8.00. The van der Waals surface area contributed by atoms with Crippen molar-refractivity contribution in [3.63, 3.8) is 0 Å². The van der Waals surface area contributed by atoms with Gasteiger partial charge < -0.3 is 5.11 Å². The number of hydrogen-bond donors (Lipinski definition) is 1. The van der Waals surface area contributed by atoms with E-state index in [1.165, 1.54) is 0 Å². The predicted molar refractivity (Wildman–Crippen MR) is 26.2 cm³/mol. The van der Waals surface area contributed by atoms with Gasteiger partial charge in [-0.25, -0.2) is 0 Å². The monoisotopic (exact) mass is 88.0 g/mol. The first-order valence-electron chi connectivity index (χ1n) is 1.64. The summed E-state index contributed by atoms with van der Waals surface area (Å²) in [6.45, 7) is 0.198. The van der Waals surface area contributed by atoms with Crippen LogP contribution in [0.5, 0.6) is 0 Å². The van der Waals surface area contributed by atoms with Crippen molar-refractivity contribution in [1.82, 2.24) is 0 Å².